The zero-order valence-electron chi connectivity index (χ0n) is 8.49. The molecule has 16 heavy (non-hydrogen) atoms. The van der Waals surface area contributed by atoms with E-state index in [1.807, 2.05) is 18.2 Å². The fourth-order valence-electron chi connectivity index (χ4n) is 1.51. The van der Waals surface area contributed by atoms with E-state index < -0.39 is 0 Å². The standard InChI is InChI=1S/C12H11Cl2NO/c13-10-4-3-8(6-11(10)14)12(15)7-9-2-1-5-16-9/h1-6,12H,7,15H2. The van der Waals surface area contributed by atoms with Gasteiger partial charge in [-0.05, 0) is 29.8 Å². The van der Waals surface area contributed by atoms with Crippen molar-refractivity contribution in [3.63, 3.8) is 0 Å². The molecule has 0 fully saturated rings. The molecule has 1 aromatic heterocycles. The Labute approximate surface area is 104 Å². The first-order chi connectivity index (χ1) is 7.66. The third-order valence-corrected chi connectivity index (χ3v) is 3.11. The lowest BCUT2D eigenvalue weighted by Crippen LogP contribution is -2.12. The molecule has 2 nitrogen and oxygen atoms in total. The molecule has 2 rings (SSSR count). The van der Waals surface area contributed by atoms with Crippen LogP contribution in [0.1, 0.15) is 17.4 Å². The maximum absolute atomic E-state index is 6.04. The van der Waals surface area contributed by atoms with Crippen LogP contribution in [-0.4, -0.2) is 0 Å². The van der Waals surface area contributed by atoms with Crippen LogP contribution in [0, 0.1) is 0 Å². The van der Waals surface area contributed by atoms with E-state index in [0.29, 0.717) is 16.5 Å². The Morgan fingerprint density at radius 2 is 2.00 bits per heavy atom. The second kappa shape index (κ2) is 4.91. The molecule has 2 N–H and O–H groups in total. The molecule has 0 spiro atoms. The highest BCUT2D eigenvalue weighted by molar-refractivity contribution is 6.42. The minimum absolute atomic E-state index is 0.138. The van der Waals surface area contributed by atoms with Crippen LogP contribution in [0.4, 0.5) is 0 Å². The van der Waals surface area contributed by atoms with Gasteiger partial charge >= 0.3 is 0 Å². The second-order valence-corrected chi connectivity index (χ2v) is 4.38. The summed E-state index contributed by atoms with van der Waals surface area (Å²) in [6.07, 6.45) is 2.28. The van der Waals surface area contributed by atoms with Crippen LogP contribution in [0.3, 0.4) is 0 Å². The summed E-state index contributed by atoms with van der Waals surface area (Å²) in [6, 6.07) is 9.02. The van der Waals surface area contributed by atoms with E-state index >= 15 is 0 Å². The Balaban J connectivity index is 2.14. The van der Waals surface area contributed by atoms with Crippen molar-refractivity contribution in [1.29, 1.82) is 0 Å². The largest absolute Gasteiger partial charge is 0.469 e. The van der Waals surface area contributed by atoms with E-state index in [4.69, 9.17) is 33.4 Å². The smallest absolute Gasteiger partial charge is 0.105 e. The van der Waals surface area contributed by atoms with Crippen molar-refractivity contribution in [1.82, 2.24) is 0 Å². The number of nitrogens with two attached hydrogens (primary N) is 1. The lowest BCUT2D eigenvalue weighted by Gasteiger charge is -2.11. The summed E-state index contributed by atoms with van der Waals surface area (Å²) in [5, 5.41) is 1.06. The molecule has 2 aromatic rings. The van der Waals surface area contributed by atoms with Gasteiger partial charge in [-0.25, -0.2) is 0 Å². The maximum atomic E-state index is 6.04. The fourth-order valence-corrected chi connectivity index (χ4v) is 1.81. The third kappa shape index (κ3) is 2.59. The van der Waals surface area contributed by atoms with Gasteiger partial charge in [0, 0.05) is 12.5 Å². The summed E-state index contributed by atoms with van der Waals surface area (Å²) in [6.45, 7) is 0. The van der Waals surface area contributed by atoms with Crippen molar-refractivity contribution >= 4 is 23.2 Å². The molecular formula is C12H11Cl2NO. The summed E-state index contributed by atoms with van der Waals surface area (Å²) in [4.78, 5) is 0. The normalized spacial score (nSPS) is 12.7. The second-order valence-electron chi connectivity index (χ2n) is 3.56. The third-order valence-electron chi connectivity index (χ3n) is 2.37. The average Bonchev–Trinajstić information content (AvgIpc) is 2.74. The number of benzene rings is 1. The first-order valence-corrected chi connectivity index (χ1v) is 5.65. The molecule has 0 aliphatic rings. The predicted octanol–water partition coefficient (Wildman–Crippen LogP) is 3.83. The molecule has 0 saturated carbocycles. The van der Waals surface area contributed by atoms with Gasteiger partial charge < -0.3 is 10.2 Å². The topological polar surface area (TPSA) is 39.2 Å². The monoisotopic (exact) mass is 255 g/mol. The SMILES string of the molecule is NC(Cc1ccco1)c1ccc(Cl)c(Cl)c1. The van der Waals surface area contributed by atoms with E-state index in [9.17, 15) is 0 Å². The fraction of sp³-hybridized carbons (Fsp3) is 0.167. The van der Waals surface area contributed by atoms with Gasteiger partial charge in [-0.2, -0.15) is 0 Å². The lowest BCUT2D eigenvalue weighted by molar-refractivity contribution is 0.488. The zero-order valence-corrected chi connectivity index (χ0v) is 10.0. The molecule has 0 aliphatic heterocycles. The van der Waals surface area contributed by atoms with Crippen molar-refractivity contribution in [2.75, 3.05) is 0 Å². The van der Waals surface area contributed by atoms with Crippen LogP contribution in [0.15, 0.2) is 41.0 Å². The van der Waals surface area contributed by atoms with Crippen LogP contribution >= 0.6 is 23.2 Å². The summed E-state index contributed by atoms with van der Waals surface area (Å²) < 4.78 is 5.24. The molecule has 1 aromatic carbocycles. The molecule has 0 aliphatic carbocycles. The number of hydrogen-bond donors (Lipinski definition) is 1. The van der Waals surface area contributed by atoms with Crippen molar-refractivity contribution in [2.45, 2.75) is 12.5 Å². The Morgan fingerprint density at radius 3 is 2.62 bits per heavy atom. The minimum Gasteiger partial charge on any atom is -0.469 e. The molecule has 1 unspecified atom stereocenters. The first-order valence-electron chi connectivity index (χ1n) is 4.89. The molecule has 84 valence electrons. The molecule has 0 radical (unpaired) electrons. The van der Waals surface area contributed by atoms with Gasteiger partial charge in [-0.3, -0.25) is 0 Å². The van der Waals surface area contributed by atoms with Crippen LogP contribution < -0.4 is 5.73 Å². The molecule has 1 heterocycles. The first kappa shape index (κ1) is 11.5. The van der Waals surface area contributed by atoms with E-state index in [1.54, 1.807) is 18.4 Å². The highest BCUT2D eigenvalue weighted by Crippen LogP contribution is 2.26. The molecule has 4 heteroatoms. The molecular weight excluding hydrogens is 245 g/mol. The van der Waals surface area contributed by atoms with E-state index in [0.717, 1.165) is 11.3 Å². The van der Waals surface area contributed by atoms with Crippen molar-refractivity contribution in [2.24, 2.45) is 5.73 Å². The van der Waals surface area contributed by atoms with E-state index in [1.165, 1.54) is 0 Å². The zero-order chi connectivity index (χ0) is 11.5. The van der Waals surface area contributed by atoms with E-state index in [2.05, 4.69) is 0 Å². The van der Waals surface area contributed by atoms with Crippen LogP contribution in [0.25, 0.3) is 0 Å². The Bertz CT molecular complexity index is 468. The van der Waals surface area contributed by atoms with Gasteiger partial charge in [0.05, 0.1) is 16.3 Å². The quantitative estimate of drug-likeness (QED) is 0.906. The number of rotatable bonds is 3. The number of hydrogen-bond acceptors (Lipinski definition) is 2. The average molecular weight is 256 g/mol. The molecule has 0 amide bonds. The van der Waals surface area contributed by atoms with Crippen molar-refractivity contribution < 1.29 is 4.42 Å². The minimum atomic E-state index is -0.138. The summed E-state index contributed by atoms with van der Waals surface area (Å²) in [5.74, 6) is 0.860. The van der Waals surface area contributed by atoms with Gasteiger partial charge in [-0.15, -0.1) is 0 Å². The van der Waals surface area contributed by atoms with Crippen LogP contribution in [0.2, 0.25) is 10.0 Å². The summed E-state index contributed by atoms with van der Waals surface area (Å²) >= 11 is 11.8. The molecule has 1 atom stereocenters. The van der Waals surface area contributed by atoms with Gasteiger partial charge in [0.15, 0.2) is 0 Å². The summed E-state index contributed by atoms with van der Waals surface area (Å²) in [5.41, 5.74) is 6.99. The molecule has 0 bridgehead atoms. The maximum Gasteiger partial charge on any atom is 0.105 e. The van der Waals surface area contributed by atoms with Crippen LogP contribution in [-0.2, 0) is 6.42 Å². The number of halogens is 2. The Morgan fingerprint density at radius 1 is 1.19 bits per heavy atom. The van der Waals surface area contributed by atoms with Crippen molar-refractivity contribution in [3.8, 4) is 0 Å². The van der Waals surface area contributed by atoms with Gasteiger partial charge in [-0.1, -0.05) is 29.3 Å². The summed E-state index contributed by atoms with van der Waals surface area (Å²) in [7, 11) is 0. The van der Waals surface area contributed by atoms with Gasteiger partial charge in [0.25, 0.3) is 0 Å². The van der Waals surface area contributed by atoms with Crippen LogP contribution in [0.5, 0.6) is 0 Å². The van der Waals surface area contributed by atoms with Crippen molar-refractivity contribution in [3.05, 3.63) is 58.0 Å². The highest BCUT2D eigenvalue weighted by Gasteiger charge is 2.10. The highest BCUT2D eigenvalue weighted by atomic mass is 35.5. The van der Waals surface area contributed by atoms with E-state index in [-0.39, 0.29) is 6.04 Å². The predicted molar refractivity (Wildman–Crippen MR) is 65.8 cm³/mol. The molecule has 0 saturated heterocycles. The Hall–Kier alpha value is -0.960. The van der Waals surface area contributed by atoms with Gasteiger partial charge in [0.2, 0.25) is 0 Å². The number of furan rings is 1. The van der Waals surface area contributed by atoms with Gasteiger partial charge in [0.1, 0.15) is 5.76 Å². The Kier molecular flexibility index (Phi) is 3.54. The lowest BCUT2D eigenvalue weighted by atomic mass is 10.0.